The van der Waals surface area contributed by atoms with E-state index in [1.807, 2.05) is 12.1 Å². The summed E-state index contributed by atoms with van der Waals surface area (Å²) in [7, 11) is 1.31. The molecule has 0 radical (unpaired) electrons. The van der Waals surface area contributed by atoms with Gasteiger partial charge in [0.2, 0.25) is 0 Å². The highest BCUT2D eigenvalue weighted by molar-refractivity contribution is 5.98. The molecule has 3 rings (SSSR count). The van der Waals surface area contributed by atoms with Gasteiger partial charge in [0.15, 0.2) is 0 Å². The fourth-order valence-electron chi connectivity index (χ4n) is 3.89. The second-order valence-electron chi connectivity index (χ2n) is 8.45. The van der Waals surface area contributed by atoms with Crippen LogP contribution in [-0.4, -0.2) is 37.6 Å². The Morgan fingerprint density at radius 1 is 0.969 bits per heavy atom. The topological polar surface area (TPSA) is 58.6 Å². The van der Waals surface area contributed by atoms with E-state index < -0.39 is 11.5 Å². The summed E-state index contributed by atoms with van der Waals surface area (Å²) in [5, 5.41) is 5.26. The third-order valence-electron chi connectivity index (χ3n) is 5.72. The molecular weight excluding hydrogens is 400 g/mol. The maximum absolute atomic E-state index is 12.5. The first-order valence-electron chi connectivity index (χ1n) is 11.1. The van der Waals surface area contributed by atoms with Gasteiger partial charge in [0.25, 0.3) is 5.91 Å². The predicted molar refractivity (Wildman–Crippen MR) is 130 cm³/mol. The maximum atomic E-state index is 12.5. The van der Waals surface area contributed by atoms with Crippen molar-refractivity contribution in [2.75, 3.05) is 25.1 Å². The molecule has 0 unspecified atom stereocenters. The first-order chi connectivity index (χ1) is 15.4. The molecule has 5 nitrogen and oxygen atoms in total. The normalized spacial score (nSPS) is 11.2. The Kier molecular flexibility index (Phi) is 7.52. The maximum Gasteiger partial charge on any atom is 0.330 e. The molecule has 3 aromatic carbocycles. The number of esters is 1. The third kappa shape index (κ3) is 5.47. The summed E-state index contributed by atoms with van der Waals surface area (Å²) in [5.74, 6) is -0.769. The van der Waals surface area contributed by atoms with E-state index in [-0.39, 0.29) is 5.91 Å². The van der Waals surface area contributed by atoms with Crippen LogP contribution in [-0.2, 0) is 16.0 Å². The number of methoxy groups -OCH3 is 1. The highest BCUT2D eigenvalue weighted by Gasteiger charge is 2.30. The van der Waals surface area contributed by atoms with Crippen molar-refractivity contribution in [3.63, 3.8) is 0 Å². The van der Waals surface area contributed by atoms with Gasteiger partial charge in [-0.05, 0) is 62.8 Å². The van der Waals surface area contributed by atoms with Gasteiger partial charge >= 0.3 is 5.97 Å². The number of benzene rings is 3. The first kappa shape index (κ1) is 23.3. The lowest BCUT2D eigenvalue weighted by Gasteiger charge is -2.25. The number of amides is 1. The van der Waals surface area contributed by atoms with Crippen LogP contribution in [0.2, 0.25) is 0 Å². The summed E-state index contributed by atoms with van der Waals surface area (Å²) in [6, 6.07) is 22.5. The molecule has 0 bridgehead atoms. The van der Waals surface area contributed by atoms with E-state index >= 15 is 0 Å². The smallest absolute Gasteiger partial charge is 0.330 e. The molecule has 1 amide bonds. The molecule has 0 saturated heterocycles. The van der Waals surface area contributed by atoms with E-state index in [9.17, 15) is 9.59 Å². The lowest BCUT2D eigenvalue weighted by Crippen LogP contribution is -2.50. The van der Waals surface area contributed by atoms with Crippen LogP contribution in [0.5, 0.6) is 0 Å². The molecule has 0 aromatic heterocycles. The average molecular weight is 433 g/mol. The second kappa shape index (κ2) is 10.3. The van der Waals surface area contributed by atoms with Crippen molar-refractivity contribution in [1.29, 1.82) is 0 Å². The number of rotatable bonds is 9. The molecule has 32 heavy (non-hydrogen) atoms. The zero-order valence-corrected chi connectivity index (χ0v) is 19.4. The molecule has 0 atom stereocenters. The molecule has 3 aromatic rings. The summed E-state index contributed by atoms with van der Waals surface area (Å²) in [4.78, 5) is 26.7. The van der Waals surface area contributed by atoms with E-state index in [0.717, 1.165) is 25.9 Å². The van der Waals surface area contributed by atoms with E-state index in [1.165, 1.54) is 29.1 Å². The number of hydrogen-bond acceptors (Lipinski definition) is 4. The van der Waals surface area contributed by atoms with Gasteiger partial charge in [0.05, 0.1) is 7.11 Å². The number of carbonyl (C=O) groups excluding carboxylic acids is 2. The molecule has 0 aliphatic carbocycles. The number of fused-ring (bicyclic) bond motifs is 1. The Labute approximate surface area is 190 Å². The largest absolute Gasteiger partial charge is 0.467 e. The Morgan fingerprint density at radius 3 is 2.34 bits per heavy atom. The fraction of sp³-hybridized carbons (Fsp3) is 0.333. The second-order valence-corrected chi connectivity index (χ2v) is 8.45. The number of ether oxygens (including phenoxy) is 1. The summed E-state index contributed by atoms with van der Waals surface area (Å²) < 4.78 is 4.74. The van der Waals surface area contributed by atoms with Crippen molar-refractivity contribution in [2.24, 2.45) is 0 Å². The molecule has 1 N–H and O–H groups in total. The number of aryl methyl sites for hydroxylation is 1. The van der Waals surface area contributed by atoms with Crippen LogP contribution in [0, 0.1) is 0 Å². The van der Waals surface area contributed by atoms with Crippen LogP contribution < -0.4 is 10.2 Å². The van der Waals surface area contributed by atoms with Crippen LogP contribution in [0.15, 0.2) is 66.7 Å². The standard InChI is InChI=1S/C27H32N2O3/c1-5-29(24-14-8-12-21-11-6-7-13-23(21)24)19-9-10-20-15-17-22(18-16-20)25(30)28-27(2,3)26(31)32-4/h6-8,11-18H,5,9-10,19H2,1-4H3,(H,28,30). The summed E-state index contributed by atoms with van der Waals surface area (Å²) in [6.45, 7) is 7.34. The van der Waals surface area contributed by atoms with Gasteiger partial charge in [-0.2, -0.15) is 0 Å². The zero-order chi connectivity index (χ0) is 23.1. The molecule has 0 aliphatic rings. The minimum Gasteiger partial charge on any atom is -0.467 e. The number of nitrogens with zero attached hydrogens (tertiary/aromatic N) is 1. The van der Waals surface area contributed by atoms with Gasteiger partial charge in [-0.15, -0.1) is 0 Å². The monoisotopic (exact) mass is 432 g/mol. The molecule has 0 heterocycles. The predicted octanol–water partition coefficient (Wildman–Crippen LogP) is 4.98. The highest BCUT2D eigenvalue weighted by Crippen LogP contribution is 2.27. The minimum atomic E-state index is -1.07. The highest BCUT2D eigenvalue weighted by atomic mass is 16.5. The molecular formula is C27H32N2O3. The third-order valence-corrected chi connectivity index (χ3v) is 5.72. The van der Waals surface area contributed by atoms with Gasteiger partial charge in [-0.1, -0.05) is 48.5 Å². The van der Waals surface area contributed by atoms with Gasteiger partial charge < -0.3 is 15.0 Å². The number of hydrogen-bond donors (Lipinski definition) is 1. The Morgan fingerprint density at radius 2 is 1.66 bits per heavy atom. The first-order valence-corrected chi connectivity index (χ1v) is 11.1. The summed E-state index contributed by atoms with van der Waals surface area (Å²) >= 11 is 0. The lowest BCUT2D eigenvalue weighted by atomic mass is 10.0. The van der Waals surface area contributed by atoms with Crippen LogP contribution in [0.3, 0.4) is 0 Å². The van der Waals surface area contributed by atoms with E-state index in [2.05, 4.69) is 59.6 Å². The van der Waals surface area contributed by atoms with Crippen molar-refractivity contribution in [3.8, 4) is 0 Å². The van der Waals surface area contributed by atoms with E-state index in [4.69, 9.17) is 4.74 Å². The van der Waals surface area contributed by atoms with Crippen molar-refractivity contribution in [2.45, 2.75) is 39.2 Å². The molecule has 0 aliphatic heterocycles. The Hall–Kier alpha value is -3.34. The number of anilines is 1. The van der Waals surface area contributed by atoms with Crippen LogP contribution >= 0.6 is 0 Å². The SMILES string of the molecule is CCN(CCCc1ccc(C(=O)NC(C)(C)C(=O)OC)cc1)c1cccc2ccccc12. The molecule has 168 valence electrons. The molecule has 0 spiro atoms. The number of nitrogens with one attached hydrogen (secondary N) is 1. The van der Waals surface area contributed by atoms with Crippen molar-refractivity contribution in [3.05, 3.63) is 77.9 Å². The Balaban J connectivity index is 1.59. The minimum absolute atomic E-state index is 0.292. The summed E-state index contributed by atoms with van der Waals surface area (Å²) in [5.41, 5.74) is 1.90. The van der Waals surface area contributed by atoms with Crippen LogP contribution in [0.4, 0.5) is 5.69 Å². The Bertz CT molecular complexity index is 1070. The van der Waals surface area contributed by atoms with Crippen molar-refractivity contribution >= 4 is 28.3 Å². The van der Waals surface area contributed by atoms with Gasteiger partial charge in [0, 0.05) is 29.7 Å². The number of carbonyl (C=O) groups is 2. The lowest BCUT2D eigenvalue weighted by molar-refractivity contribution is -0.146. The summed E-state index contributed by atoms with van der Waals surface area (Å²) in [6.07, 6.45) is 1.94. The van der Waals surface area contributed by atoms with Crippen molar-refractivity contribution < 1.29 is 14.3 Å². The molecule has 5 heteroatoms. The van der Waals surface area contributed by atoms with Gasteiger partial charge in [0.1, 0.15) is 5.54 Å². The van der Waals surface area contributed by atoms with Gasteiger partial charge in [-0.3, -0.25) is 4.79 Å². The van der Waals surface area contributed by atoms with E-state index in [1.54, 1.807) is 26.0 Å². The quantitative estimate of drug-likeness (QED) is 0.485. The average Bonchev–Trinajstić information content (AvgIpc) is 2.81. The van der Waals surface area contributed by atoms with Crippen LogP contribution in [0.25, 0.3) is 10.8 Å². The van der Waals surface area contributed by atoms with Crippen molar-refractivity contribution in [1.82, 2.24) is 5.32 Å². The van der Waals surface area contributed by atoms with Crippen LogP contribution in [0.1, 0.15) is 43.1 Å². The zero-order valence-electron chi connectivity index (χ0n) is 19.4. The fourth-order valence-corrected chi connectivity index (χ4v) is 3.89. The molecule has 0 fully saturated rings. The molecule has 0 saturated carbocycles. The van der Waals surface area contributed by atoms with E-state index in [0.29, 0.717) is 5.56 Å². The van der Waals surface area contributed by atoms with Gasteiger partial charge in [-0.25, -0.2) is 4.79 Å².